The van der Waals surface area contributed by atoms with Gasteiger partial charge in [0, 0.05) is 25.4 Å². The number of aryl methyl sites for hydroxylation is 1. The molecule has 0 radical (unpaired) electrons. The highest BCUT2D eigenvalue weighted by molar-refractivity contribution is 7.99. The molecule has 106 valence electrons. The van der Waals surface area contributed by atoms with Crippen LogP contribution in [0, 0.1) is 0 Å². The van der Waals surface area contributed by atoms with Gasteiger partial charge in [-0.15, -0.1) is 0 Å². The Bertz CT molecular complexity index is 499. The molecule has 0 aliphatic carbocycles. The third-order valence-electron chi connectivity index (χ3n) is 2.85. The average molecular weight is 289 g/mol. The van der Waals surface area contributed by atoms with Crippen LogP contribution in [0.5, 0.6) is 0 Å². The van der Waals surface area contributed by atoms with Gasteiger partial charge in [-0.25, -0.2) is 4.98 Å². The second kappa shape index (κ2) is 8.43. The number of amides is 1. The van der Waals surface area contributed by atoms with E-state index in [0.29, 0.717) is 12.3 Å². The average Bonchev–Trinajstić information content (AvgIpc) is 2.98. The van der Waals surface area contributed by atoms with E-state index in [2.05, 4.69) is 27.4 Å². The first-order valence-corrected chi connectivity index (χ1v) is 7.86. The number of hydrogen-bond acceptors (Lipinski definition) is 3. The second-order valence-electron chi connectivity index (χ2n) is 4.42. The molecule has 0 saturated carbocycles. The quantitative estimate of drug-likeness (QED) is 0.731. The summed E-state index contributed by atoms with van der Waals surface area (Å²) in [5.41, 5.74) is 1.32. The highest BCUT2D eigenvalue weighted by atomic mass is 32.2. The zero-order chi connectivity index (χ0) is 14.0. The number of rotatable bonds is 8. The number of thioether (sulfide) groups is 1. The molecule has 0 bridgehead atoms. The molecule has 0 spiro atoms. The van der Waals surface area contributed by atoms with Crippen LogP contribution < -0.4 is 5.32 Å². The Morgan fingerprint density at radius 3 is 2.85 bits per heavy atom. The van der Waals surface area contributed by atoms with Gasteiger partial charge in [-0.05, 0) is 17.7 Å². The maximum Gasteiger partial charge on any atom is 0.230 e. The molecule has 0 aliphatic rings. The molecule has 2 rings (SSSR count). The fourth-order valence-electron chi connectivity index (χ4n) is 1.81. The van der Waals surface area contributed by atoms with E-state index in [0.717, 1.165) is 24.4 Å². The maximum atomic E-state index is 11.6. The van der Waals surface area contributed by atoms with Crippen molar-refractivity contribution in [3.63, 3.8) is 0 Å². The predicted octanol–water partition coefficient (Wildman–Crippen LogP) is 2.04. The summed E-state index contributed by atoms with van der Waals surface area (Å²) in [6, 6.07) is 10.3. The minimum absolute atomic E-state index is 0.0922. The minimum Gasteiger partial charge on any atom is -0.355 e. The van der Waals surface area contributed by atoms with Crippen LogP contribution in [0.3, 0.4) is 0 Å². The number of benzene rings is 1. The smallest absolute Gasteiger partial charge is 0.230 e. The molecular formula is C15H19N3OS. The van der Waals surface area contributed by atoms with Crippen molar-refractivity contribution in [2.24, 2.45) is 0 Å². The van der Waals surface area contributed by atoms with Crippen molar-refractivity contribution >= 4 is 17.7 Å². The Balaban J connectivity index is 1.52. The standard InChI is InChI=1S/C15H19N3OS/c19-15(18-8-6-14-16-9-10-17-14)12-20-11-7-13-4-2-1-3-5-13/h1-5,9-10H,6-8,11-12H2,(H,16,17)(H,18,19). The van der Waals surface area contributed by atoms with Crippen molar-refractivity contribution in [1.82, 2.24) is 15.3 Å². The predicted molar refractivity (Wildman–Crippen MR) is 82.8 cm³/mol. The zero-order valence-corrected chi connectivity index (χ0v) is 12.2. The number of carbonyl (C=O) groups is 1. The summed E-state index contributed by atoms with van der Waals surface area (Å²) in [5, 5.41) is 2.90. The molecule has 0 aliphatic heterocycles. The molecule has 0 fully saturated rings. The van der Waals surface area contributed by atoms with E-state index in [4.69, 9.17) is 0 Å². The van der Waals surface area contributed by atoms with E-state index in [1.165, 1.54) is 5.56 Å². The molecule has 0 saturated heterocycles. The summed E-state index contributed by atoms with van der Waals surface area (Å²) in [5.74, 6) is 2.48. The van der Waals surface area contributed by atoms with Crippen LogP contribution in [-0.2, 0) is 17.6 Å². The van der Waals surface area contributed by atoms with Gasteiger partial charge in [0.15, 0.2) is 0 Å². The molecule has 20 heavy (non-hydrogen) atoms. The number of nitrogens with one attached hydrogen (secondary N) is 2. The van der Waals surface area contributed by atoms with Crippen molar-refractivity contribution in [3.8, 4) is 0 Å². The first-order chi connectivity index (χ1) is 9.84. The van der Waals surface area contributed by atoms with Gasteiger partial charge >= 0.3 is 0 Å². The summed E-state index contributed by atoms with van der Waals surface area (Å²) in [6.45, 7) is 0.631. The van der Waals surface area contributed by atoms with Crippen LogP contribution in [0.2, 0.25) is 0 Å². The molecule has 4 nitrogen and oxygen atoms in total. The normalized spacial score (nSPS) is 10.4. The first kappa shape index (κ1) is 14.7. The number of hydrogen-bond donors (Lipinski definition) is 2. The lowest BCUT2D eigenvalue weighted by molar-refractivity contribution is -0.118. The number of imidazole rings is 1. The zero-order valence-electron chi connectivity index (χ0n) is 11.3. The Kier molecular flexibility index (Phi) is 6.17. The van der Waals surface area contributed by atoms with Crippen LogP contribution >= 0.6 is 11.8 Å². The summed E-state index contributed by atoms with van der Waals surface area (Å²) in [4.78, 5) is 18.7. The molecule has 2 aromatic rings. The van der Waals surface area contributed by atoms with Gasteiger partial charge in [0.2, 0.25) is 5.91 Å². The van der Waals surface area contributed by atoms with Gasteiger partial charge in [0.05, 0.1) is 5.75 Å². The van der Waals surface area contributed by atoms with Crippen LogP contribution in [0.4, 0.5) is 0 Å². The number of nitrogens with zero attached hydrogens (tertiary/aromatic N) is 1. The van der Waals surface area contributed by atoms with E-state index < -0.39 is 0 Å². The Hall–Kier alpha value is -1.75. The molecular weight excluding hydrogens is 270 g/mol. The Morgan fingerprint density at radius 2 is 2.10 bits per heavy atom. The van der Waals surface area contributed by atoms with Crippen molar-refractivity contribution < 1.29 is 4.79 Å². The van der Waals surface area contributed by atoms with E-state index in [1.54, 1.807) is 24.2 Å². The third kappa shape index (κ3) is 5.48. The highest BCUT2D eigenvalue weighted by Crippen LogP contribution is 2.06. The maximum absolute atomic E-state index is 11.6. The monoisotopic (exact) mass is 289 g/mol. The molecule has 0 atom stereocenters. The summed E-state index contributed by atoms with van der Waals surface area (Å²) in [7, 11) is 0. The number of aromatic nitrogens is 2. The molecule has 1 amide bonds. The van der Waals surface area contributed by atoms with Crippen LogP contribution in [0.25, 0.3) is 0 Å². The van der Waals surface area contributed by atoms with Crippen molar-refractivity contribution in [2.45, 2.75) is 12.8 Å². The van der Waals surface area contributed by atoms with Gasteiger partial charge in [-0.3, -0.25) is 4.79 Å². The van der Waals surface area contributed by atoms with E-state index >= 15 is 0 Å². The van der Waals surface area contributed by atoms with Gasteiger partial charge in [-0.2, -0.15) is 11.8 Å². The lowest BCUT2D eigenvalue weighted by Gasteiger charge is -2.04. The highest BCUT2D eigenvalue weighted by Gasteiger charge is 2.02. The molecule has 1 aromatic heterocycles. The van der Waals surface area contributed by atoms with Gasteiger partial charge < -0.3 is 10.3 Å². The van der Waals surface area contributed by atoms with Gasteiger partial charge in [0.25, 0.3) is 0 Å². The first-order valence-electron chi connectivity index (χ1n) is 6.71. The third-order valence-corrected chi connectivity index (χ3v) is 3.81. The van der Waals surface area contributed by atoms with Crippen LogP contribution in [0.15, 0.2) is 42.7 Å². The van der Waals surface area contributed by atoms with Crippen molar-refractivity contribution in [2.75, 3.05) is 18.1 Å². The largest absolute Gasteiger partial charge is 0.355 e. The number of H-pyrrole nitrogens is 1. The van der Waals surface area contributed by atoms with Crippen LogP contribution in [0.1, 0.15) is 11.4 Å². The molecule has 2 N–H and O–H groups in total. The fourth-order valence-corrected chi connectivity index (χ4v) is 2.62. The topological polar surface area (TPSA) is 57.8 Å². The molecule has 0 unspecified atom stereocenters. The van der Waals surface area contributed by atoms with Crippen LogP contribution in [-0.4, -0.2) is 33.9 Å². The molecule has 5 heteroatoms. The number of aromatic amines is 1. The van der Waals surface area contributed by atoms with Gasteiger partial charge in [-0.1, -0.05) is 30.3 Å². The van der Waals surface area contributed by atoms with Crippen molar-refractivity contribution in [1.29, 1.82) is 0 Å². The summed E-state index contributed by atoms with van der Waals surface area (Å²) in [6.07, 6.45) is 5.26. The minimum atomic E-state index is 0.0922. The van der Waals surface area contributed by atoms with E-state index in [1.807, 2.05) is 18.2 Å². The molecule has 1 aromatic carbocycles. The fraction of sp³-hybridized carbons (Fsp3) is 0.333. The van der Waals surface area contributed by atoms with E-state index in [9.17, 15) is 4.79 Å². The second-order valence-corrected chi connectivity index (χ2v) is 5.53. The molecule has 1 heterocycles. The number of carbonyl (C=O) groups excluding carboxylic acids is 1. The Labute approximate surface area is 123 Å². The SMILES string of the molecule is O=C(CSCCc1ccccc1)NCCc1ncc[nH]1. The van der Waals surface area contributed by atoms with Gasteiger partial charge in [0.1, 0.15) is 5.82 Å². The lowest BCUT2D eigenvalue weighted by atomic mass is 10.2. The van der Waals surface area contributed by atoms with E-state index in [-0.39, 0.29) is 5.91 Å². The lowest BCUT2D eigenvalue weighted by Crippen LogP contribution is -2.27. The van der Waals surface area contributed by atoms with Crippen molar-refractivity contribution in [3.05, 3.63) is 54.1 Å². The summed E-state index contributed by atoms with van der Waals surface area (Å²) < 4.78 is 0. The summed E-state index contributed by atoms with van der Waals surface area (Å²) >= 11 is 1.67. The Morgan fingerprint density at radius 1 is 1.25 bits per heavy atom.